The zero-order valence-corrected chi connectivity index (χ0v) is 11.1. The molecule has 2 fully saturated rings. The molecule has 2 aliphatic heterocycles. The van der Waals surface area contributed by atoms with Gasteiger partial charge in [-0.2, -0.15) is 17.4 Å². The third-order valence-corrected chi connectivity index (χ3v) is 5.19. The quantitative estimate of drug-likeness (QED) is 0.775. The number of piperidine rings is 1. The summed E-state index contributed by atoms with van der Waals surface area (Å²) in [5.74, 6) is 0. The van der Waals surface area contributed by atoms with E-state index in [9.17, 15) is 8.42 Å². The van der Waals surface area contributed by atoms with Crippen molar-refractivity contribution in [3.8, 4) is 0 Å². The van der Waals surface area contributed by atoms with Gasteiger partial charge in [-0.25, -0.2) is 0 Å². The van der Waals surface area contributed by atoms with Crippen molar-refractivity contribution in [2.24, 2.45) is 0 Å². The fourth-order valence-corrected chi connectivity index (χ4v) is 4.03. The van der Waals surface area contributed by atoms with Crippen molar-refractivity contribution in [2.75, 3.05) is 26.2 Å². The fourth-order valence-electron chi connectivity index (χ4n) is 2.52. The van der Waals surface area contributed by atoms with Crippen LogP contribution in [0.25, 0.3) is 0 Å². The van der Waals surface area contributed by atoms with Crippen molar-refractivity contribution in [2.45, 2.75) is 44.6 Å². The average molecular weight is 261 g/mol. The lowest BCUT2D eigenvalue weighted by atomic mass is 10.1. The molecule has 0 aliphatic carbocycles. The van der Waals surface area contributed by atoms with E-state index in [0.717, 1.165) is 51.6 Å². The molecule has 0 spiro atoms. The average Bonchev–Trinajstić information content (AvgIpc) is 2.58. The Balaban J connectivity index is 1.91. The molecule has 0 amide bonds. The van der Waals surface area contributed by atoms with E-state index in [0.29, 0.717) is 13.1 Å². The van der Waals surface area contributed by atoms with Gasteiger partial charge in [-0.15, -0.1) is 0 Å². The first-order valence-corrected chi connectivity index (χ1v) is 8.10. The number of rotatable bonds is 3. The Morgan fingerprint density at radius 1 is 1.06 bits per heavy atom. The molecule has 2 aliphatic rings. The van der Waals surface area contributed by atoms with E-state index < -0.39 is 10.2 Å². The van der Waals surface area contributed by atoms with E-state index in [1.807, 2.05) is 0 Å². The first kappa shape index (κ1) is 13.3. The zero-order valence-electron chi connectivity index (χ0n) is 10.3. The standard InChI is InChI=1S/C11H23N3O2S/c15-17(16,13-11-6-5-7-12-10-11)14-8-3-1-2-4-9-14/h11-13H,1-10H2/t11-/m0/s1. The minimum absolute atomic E-state index is 0.0667. The van der Waals surface area contributed by atoms with Crippen LogP contribution in [0.5, 0.6) is 0 Å². The van der Waals surface area contributed by atoms with Crippen molar-refractivity contribution >= 4 is 10.2 Å². The van der Waals surface area contributed by atoms with Crippen LogP contribution in [0.4, 0.5) is 0 Å². The van der Waals surface area contributed by atoms with E-state index in [1.165, 1.54) is 0 Å². The van der Waals surface area contributed by atoms with E-state index in [4.69, 9.17) is 0 Å². The largest absolute Gasteiger partial charge is 0.315 e. The maximum absolute atomic E-state index is 12.2. The van der Waals surface area contributed by atoms with Crippen molar-refractivity contribution in [1.82, 2.24) is 14.3 Å². The number of hydrogen-bond acceptors (Lipinski definition) is 3. The normalized spacial score (nSPS) is 28.8. The molecule has 1 atom stereocenters. The van der Waals surface area contributed by atoms with Gasteiger partial charge in [-0.3, -0.25) is 0 Å². The van der Waals surface area contributed by atoms with Gasteiger partial charge >= 0.3 is 0 Å². The Bertz CT molecular complexity index is 318. The molecule has 0 aromatic heterocycles. The van der Waals surface area contributed by atoms with Crippen LogP contribution >= 0.6 is 0 Å². The lowest BCUT2D eigenvalue weighted by Gasteiger charge is -2.27. The molecule has 2 heterocycles. The van der Waals surface area contributed by atoms with Gasteiger partial charge in [0.1, 0.15) is 0 Å². The summed E-state index contributed by atoms with van der Waals surface area (Å²) in [7, 11) is -3.26. The van der Waals surface area contributed by atoms with Gasteiger partial charge in [-0.1, -0.05) is 12.8 Å². The van der Waals surface area contributed by atoms with E-state index in [-0.39, 0.29) is 6.04 Å². The number of nitrogens with one attached hydrogen (secondary N) is 2. The number of hydrogen-bond donors (Lipinski definition) is 2. The summed E-state index contributed by atoms with van der Waals surface area (Å²) in [5, 5.41) is 3.23. The van der Waals surface area contributed by atoms with Crippen LogP contribution in [-0.4, -0.2) is 44.9 Å². The minimum Gasteiger partial charge on any atom is -0.315 e. The summed E-state index contributed by atoms with van der Waals surface area (Å²) in [6.07, 6.45) is 6.27. The van der Waals surface area contributed by atoms with Gasteiger partial charge in [0.05, 0.1) is 0 Å². The van der Waals surface area contributed by atoms with Crippen LogP contribution < -0.4 is 10.0 Å². The second-order valence-corrected chi connectivity index (χ2v) is 6.68. The molecule has 5 nitrogen and oxygen atoms in total. The van der Waals surface area contributed by atoms with Gasteiger partial charge in [0, 0.05) is 25.7 Å². The molecule has 17 heavy (non-hydrogen) atoms. The van der Waals surface area contributed by atoms with E-state index in [2.05, 4.69) is 10.0 Å². The molecule has 6 heteroatoms. The fraction of sp³-hybridized carbons (Fsp3) is 1.00. The summed E-state index contributed by atoms with van der Waals surface area (Å²) >= 11 is 0. The minimum atomic E-state index is -3.26. The van der Waals surface area contributed by atoms with Crippen molar-refractivity contribution in [3.63, 3.8) is 0 Å². The Hall–Kier alpha value is -0.170. The Labute approximate surface area is 104 Å². The SMILES string of the molecule is O=S(=O)(N[C@H]1CCCNC1)N1CCCCCC1. The summed E-state index contributed by atoms with van der Waals surface area (Å²) in [6.45, 7) is 3.11. The zero-order chi connectivity index (χ0) is 12.1. The topological polar surface area (TPSA) is 61.4 Å². The molecule has 2 saturated heterocycles. The lowest BCUT2D eigenvalue weighted by molar-refractivity contribution is 0.384. The Morgan fingerprint density at radius 2 is 1.76 bits per heavy atom. The van der Waals surface area contributed by atoms with Crippen molar-refractivity contribution < 1.29 is 8.42 Å². The molecular weight excluding hydrogens is 238 g/mol. The Morgan fingerprint density at radius 3 is 2.35 bits per heavy atom. The van der Waals surface area contributed by atoms with Crippen LogP contribution in [0.2, 0.25) is 0 Å². The van der Waals surface area contributed by atoms with Crippen LogP contribution in [0.3, 0.4) is 0 Å². The highest BCUT2D eigenvalue weighted by atomic mass is 32.2. The molecule has 2 N–H and O–H groups in total. The van der Waals surface area contributed by atoms with Crippen LogP contribution in [0, 0.1) is 0 Å². The summed E-state index contributed by atoms with van der Waals surface area (Å²) < 4.78 is 28.8. The highest BCUT2D eigenvalue weighted by Crippen LogP contribution is 2.13. The third kappa shape index (κ3) is 3.91. The van der Waals surface area contributed by atoms with Gasteiger partial charge in [0.15, 0.2) is 0 Å². The molecule has 0 saturated carbocycles. The summed E-state index contributed by atoms with van der Waals surface area (Å²) in [4.78, 5) is 0. The molecule has 0 aromatic rings. The first-order chi connectivity index (χ1) is 8.18. The molecule has 2 rings (SSSR count). The highest BCUT2D eigenvalue weighted by Gasteiger charge is 2.26. The molecule has 0 bridgehead atoms. The maximum Gasteiger partial charge on any atom is 0.279 e. The smallest absolute Gasteiger partial charge is 0.279 e. The van der Waals surface area contributed by atoms with E-state index >= 15 is 0 Å². The lowest BCUT2D eigenvalue weighted by Crippen LogP contribution is -2.50. The van der Waals surface area contributed by atoms with Crippen molar-refractivity contribution in [3.05, 3.63) is 0 Å². The summed E-state index contributed by atoms with van der Waals surface area (Å²) in [6, 6.07) is 0.0667. The Kier molecular flexibility index (Phi) is 4.78. The van der Waals surface area contributed by atoms with Gasteiger partial charge in [-0.05, 0) is 32.2 Å². The predicted molar refractivity (Wildman–Crippen MR) is 68.0 cm³/mol. The molecule has 100 valence electrons. The second-order valence-electron chi connectivity index (χ2n) is 4.98. The predicted octanol–water partition coefficient (Wildman–Crippen LogP) is 0.449. The molecule has 0 radical (unpaired) electrons. The maximum atomic E-state index is 12.2. The van der Waals surface area contributed by atoms with E-state index in [1.54, 1.807) is 4.31 Å². The van der Waals surface area contributed by atoms with Gasteiger partial charge in [0.2, 0.25) is 0 Å². The van der Waals surface area contributed by atoms with Gasteiger partial charge < -0.3 is 5.32 Å². The first-order valence-electron chi connectivity index (χ1n) is 6.66. The van der Waals surface area contributed by atoms with Gasteiger partial charge in [0.25, 0.3) is 10.2 Å². The van der Waals surface area contributed by atoms with Crippen LogP contribution in [0.15, 0.2) is 0 Å². The molecular formula is C11H23N3O2S. The van der Waals surface area contributed by atoms with Crippen LogP contribution in [-0.2, 0) is 10.2 Å². The molecule has 0 unspecified atom stereocenters. The number of nitrogens with zero attached hydrogens (tertiary/aromatic N) is 1. The monoisotopic (exact) mass is 261 g/mol. The van der Waals surface area contributed by atoms with Crippen molar-refractivity contribution in [1.29, 1.82) is 0 Å². The van der Waals surface area contributed by atoms with Crippen LogP contribution in [0.1, 0.15) is 38.5 Å². The second kappa shape index (κ2) is 6.13. The third-order valence-electron chi connectivity index (χ3n) is 3.52. The summed E-state index contributed by atoms with van der Waals surface area (Å²) in [5.41, 5.74) is 0. The highest BCUT2D eigenvalue weighted by molar-refractivity contribution is 7.87. The molecule has 0 aromatic carbocycles.